The molecule has 0 bridgehead atoms. The van der Waals surface area contributed by atoms with Gasteiger partial charge in [0.1, 0.15) is 0 Å². The number of fused-ring (bicyclic) bond motifs is 7. The van der Waals surface area contributed by atoms with Gasteiger partial charge in [0.2, 0.25) is 0 Å². The van der Waals surface area contributed by atoms with Gasteiger partial charge in [0, 0.05) is 10.8 Å². The Labute approximate surface area is 291 Å². The van der Waals surface area contributed by atoms with Crippen molar-refractivity contribution in [2.75, 3.05) is 0 Å². The van der Waals surface area contributed by atoms with Gasteiger partial charge in [-0.25, -0.2) is 0 Å². The lowest BCUT2D eigenvalue weighted by atomic mass is 9.78. The van der Waals surface area contributed by atoms with Gasteiger partial charge in [-0.2, -0.15) is 0 Å². The topological polar surface area (TPSA) is 18.5 Å². The van der Waals surface area contributed by atoms with Crippen molar-refractivity contribution in [2.45, 2.75) is 77.4 Å². The van der Waals surface area contributed by atoms with Crippen LogP contribution in [0.4, 0.5) is 0 Å². The van der Waals surface area contributed by atoms with Crippen LogP contribution in [-0.2, 0) is 20.1 Å². The standard InChI is InChI=1S/C46H43BO2/c1-43(2)39-12-10-9-11-35(39)36-20-17-31(26-40(36)43)32-18-22-38-37-21-16-30(25-41(37)44(3,4)42(38)27-32)29-14-13-28-15-19-34(24-33(28)23-29)47-48-45(5,6)46(7,8)49-47/h9-27H,1-8H3. The Kier molecular flexibility index (Phi) is 6.29. The predicted octanol–water partition coefficient (Wildman–Crippen LogP) is 11.1. The van der Waals surface area contributed by atoms with Crippen LogP contribution in [0.15, 0.2) is 115 Å². The van der Waals surface area contributed by atoms with E-state index in [9.17, 15) is 0 Å². The molecular weight excluding hydrogens is 595 g/mol. The first kappa shape index (κ1) is 30.6. The number of hydrogen-bond donors (Lipinski definition) is 0. The molecule has 0 amide bonds. The molecule has 3 heteroatoms. The van der Waals surface area contributed by atoms with E-state index in [4.69, 9.17) is 9.31 Å². The van der Waals surface area contributed by atoms with Crippen molar-refractivity contribution in [3.8, 4) is 44.5 Å². The quantitative estimate of drug-likeness (QED) is 0.180. The van der Waals surface area contributed by atoms with Crippen LogP contribution in [0, 0.1) is 0 Å². The highest BCUT2D eigenvalue weighted by molar-refractivity contribution is 6.62. The molecule has 49 heavy (non-hydrogen) atoms. The molecule has 0 saturated carbocycles. The van der Waals surface area contributed by atoms with Crippen molar-refractivity contribution in [1.29, 1.82) is 0 Å². The smallest absolute Gasteiger partial charge is 0.399 e. The van der Waals surface area contributed by atoms with Crippen molar-refractivity contribution >= 4 is 23.4 Å². The zero-order valence-corrected chi connectivity index (χ0v) is 29.9. The second kappa shape index (κ2) is 10.1. The minimum atomic E-state index is -0.373. The van der Waals surface area contributed by atoms with Gasteiger partial charge in [-0.3, -0.25) is 0 Å². The van der Waals surface area contributed by atoms with Crippen molar-refractivity contribution in [3.05, 3.63) is 138 Å². The van der Waals surface area contributed by atoms with Crippen molar-refractivity contribution in [3.63, 3.8) is 0 Å². The van der Waals surface area contributed by atoms with Crippen LogP contribution in [-0.4, -0.2) is 18.3 Å². The molecule has 1 saturated heterocycles. The summed E-state index contributed by atoms with van der Waals surface area (Å²) < 4.78 is 12.7. The summed E-state index contributed by atoms with van der Waals surface area (Å²) >= 11 is 0. The van der Waals surface area contributed by atoms with Crippen LogP contribution in [0.2, 0.25) is 0 Å². The van der Waals surface area contributed by atoms with E-state index in [2.05, 4.69) is 171 Å². The van der Waals surface area contributed by atoms with Gasteiger partial charge in [0.15, 0.2) is 0 Å². The van der Waals surface area contributed by atoms with Gasteiger partial charge >= 0.3 is 7.12 Å². The number of rotatable bonds is 3. The van der Waals surface area contributed by atoms with Crippen molar-refractivity contribution < 1.29 is 9.31 Å². The van der Waals surface area contributed by atoms with E-state index in [1.54, 1.807) is 0 Å². The highest BCUT2D eigenvalue weighted by atomic mass is 16.7. The molecule has 2 aliphatic carbocycles. The minimum Gasteiger partial charge on any atom is -0.399 e. The second-order valence-corrected chi connectivity index (χ2v) is 16.5. The van der Waals surface area contributed by atoms with Crippen molar-refractivity contribution in [2.24, 2.45) is 0 Å². The number of benzene rings is 6. The molecule has 1 heterocycles. The predicted molar refractivity (Wildman–Crippen MR) is 206 cm³/mol. The summed E-state index contributed by atoms with van der Waals surface area (Å²) in [6.45, 7) is 17.9. The second-order valence-electron chi connectivity index (χ2n) is 16.5. The molecule has 2 nitrogen and oxygen atoms in total. The first-order chi connectivity index (χ1) is 23.2. The molecule has 9 rings (SSSR count). The van der Waals surface area contributed by atoms with Gasteiger partial charge < -0.3 is 9.31 Å². The average molecular weight is 639 g/mol. The summed E-state index contributed by atoms with van der Waals surface area (Å²) in [5.74, 6) is 0. The van der Waals surface area contributed by atoms with Gasteiger partial charge in [-0.1, -0.05) is 119 Å². The minimum absolute atomic E-state index is 0.0131. The Morgan fingerprint density at radius 3 is 1.37 bits per heavy atom. The van der Waals surface area contributed by atoms with E-state index in [-0.39, 0.29) is 29.2 Å². The third kappa shape index (κ3) is 4.42. The van der Waals surface area contributed by atoms with Crippen LogP contribution >= 0.6 is 0 Å². The summed E-state index contributed by atoms with van der Waals surface area (Å²) in [4.78, 5) is 0. The maximum absolute atomic E-state index is 6.37. The Hall–Kier alpha value is -4.44. The van der Waals surface area contributed by atoms with Gasteiger partial charge in [0.05, 0.1) is 11.2 Å². The van der Waals surface area contributed by atoms with E-state index >= 15 is 0 Å². The normalized spacial score (nSPS) is 18.7. The van der Waals surface area contributed by atoms with E-state index in [1.165, 1.54) is 77.5 Å². The lowest BCUT2D eigenvalue weighted by Gasteiger charge is -2.32. The highest BCUT2D eigenvalue weighted by Crippen LogP contribution is 2.52. The molecule has 242 valence electrons. The van der Waals surface area contributed by atoms with Crippen LogP contribution in [0.3, 0.4) is 0 Å². The molecule has 0 radical (unpaired) electrons. The maximum atomic E-state index is 6.37. The van der Waals surface area contributed by atoms with Crippen LogP contribution in [0.25, 0.3) is 55.3 Å². The molecule has 6 aromatic carbocycles. The molecule has 6 aromatic rings. The largest absolute Gasteiger partial charge is 0.494 e. The van der Waals surface area contributed by atoms with E-state index in [0.29, 0.717) is 0 Å². The fraction of sp³-hybridized carbons (Fsp3) is 0.261. The summed E-state index contributed by atoms with van der Waals surface area (Å²) in [6.07, 6.45) is 0. The zero-order chi connectivity index (χ0) is 34.1. The fourth-order valence-electron chi connectivity index (χ4n) is 8.55. The fourth-order valence-corrected chi connectivity index (χ4v) is 8.55. The molecule has 3 aliphatic rings. The van der Waals surface area contributed by atoms with Crippen LogP contribution in [0.1, 0.15) is 77.6 Å². The number of hydrogen-bond acceptors (Lipinski definition) is 2. The van der Waals surface area contributed by atoms with Crippen LogP contribution < -0.4 is 5.46 Å². The third-order valence-electron chi connectivity index (χ3n) is 12.3. The Morgan fingerprint density at radius 2 is 0.816 bits per heavy atom. The molecule has 1 fully saturated rings. The molecule has 0 N–H and O–H groups in total. The lowest BCUT2D eigenvalue weighted by molar-refractivity contribution is 0.00578. The summed E-state index contributed by atoms with van der Waals surface area (Å²) in [6, 6.07) is 43.4. The average Bonchev–Trinajstić information content (AvgIpc) is 3.56. The Balaban J connectivity index is 1.05. The van der Waals surface area contributed by atoms with E-state index in [1.807, 2.05) is 0 Å². The first-order valence-corrected chi connectivity index (χ1v) is 17.7. The van der Waals surface area contributed by atoms with Gasteiger partial charge in [0.25, 0.3) is 0 Å². The molecule has 0 spiro atoms. The van der Waals surface area contributed by atoms with E-state index < -0.39 is 0 Å². The molecular formula is C46H43BO2. The van der Waals surface area contributed by atoms with Crippen LogP contribution in [0.5, 0.6) is 0 Å². The molecule has 0 aromatic heterocycles. The van der Waals surface area contributed by atoms with Gasteiger partial charge in [-0.05, 0) is 135 Å². The molecule has 1 aliphatic heterocycles. The summed E-state index contributed by atoms with van der Waals surface area (Å²) in [5.41, 5.74) is 16.2. The Morgan fingerprint density at radius 1 is 0.388 bits per heavy atom. The van der Waals surface area contributed by atoms with Gasteiger partial charge in [-0.15, -0.1) is 0 Å². The Bertz CT molecular complexity index is 2340. The lowest BCUT2D eigenvalue weighted by Crippen LogP contribution is -2.41. The monoisotopic (exact) mass is 638 g/mol. The molecule has 0 unspecified atom stereocenters. The van der Waals surface area contributed by atoms with Crippen molar-refractivity contribution in [1.82, 2.24) is 0 Å². The summed E-state index contributed by atoms with van der Waals surface area (Å²) in [7, 11) is -0.373. The third-order valence-corrected chi connectivity index (χ3v) is 12.3. The zero-order valence-electron chi connectivity index (χ0n) is 29.9. The highest BCUT2D eigenvalue weighted by Gasteiger charge is 2.51. The molecule has 0 atom stereocenters. The first-order valence-electron chi connectivity index (χ1n) is 17.7. The maximum Gasteiger partial charge on any atom is 0.494 e. The summed E-state index contributed by atoms with van der Waals surface area (Å²) in [5, 5.41) is 2.40. The van der Waals surface area contributed by atoms with E-state index in [0.717, 1.165) is 5.46 Å². The SMILES string of the molecule is CC1(C)c2ccccc2-c2ccc(-c3ccc4c(c3)C(C)(C)c3cc(-c5ccc6ccc(B7OC(C)(C)C(C)(C)O7)cc6c5)ccc3-4)cc21.